The minimum absolute atomic E-state index is 0.0732. The van der Waals surface area contributed by atoms with Crippen LogP contribution in [-0.4, -0.2) is 13.2 Å². The molecule has 0 amide bonds. The SMILES string of the molecule is Fc1ccc(OCC(COc2ccc(F)cc2I)Cc2ccccc2)c(I)c1. The van der Waals surface area contributed by atoms with Crippen molar-refractivity contribution < 1.29 is 18.3 Å². The van der Waals surface area contributed by atoms with E-state index in [0.29, 0.717) is 24.7 Å². The Morgan fingerprint density at radius 3 is 1.68 bits per heavy atom. The first-order valence-corrected chi connectivity index (χ1v) is 10.9. The van der Waals surface area contributed by atoms with Crippen molar-refractivity contribution in [2.45, 2.75) is 6.42 Å². The Morgan fingerprint density at radius 1 is 0.714 bits per heavy atom. The molecule has 2 nitrogen and oxygen atoms in total. The molecule has 0 heterocycles. The molecule has 0 atom stereocenters. The first-order chi connectivity index (χ1) is 13.5. The maximum atomic E-state index is 13.3. The number of hydrogen-bond donors (Lipinski definition) is 0. The first-order valence-electron chi connectivity index (χ1n) is 8.71. The Morgan fingerprint density at radius 2 is 1.21 bits per heavy atom. The highest BCUT2D eigenvalue weighted by molar-refractivity contribution is 14.1. The van der Waals surface area contributed by atoms with Crippen LogP contribution in [0, 0.1) is 24.7 Å². The zero-order valence-corrected chi connectivity index (χ0v) is 19.2. The standard InChI is InChI=1S/C22H18F2I2O2/c23-17-6-8-21(19(25)11-17)27-13-16(10-15-4-2-1-3-5-15)14-28-22-9-7-18(24)12-20(22)26/h1-9,11-12,16H,10,13-14H2. The van der Waals surface area contributed by atoms with Crippen molar-refractivity contribution >= 4 is 45.2 Å². The monoisotopic (exact) mass is 606 g/mol. The lowest BCUT2D eigenvalue weighted by Gasteiger charge is -2.20. The normalized spacial score (nSPS) is 10.9. The fraction of sp³-hybridized carbons (Fsp3) is 0.182. The van der Waals surface area contributed by atoms with Crippen molar-refractivity contribution in [1.82, 2.24) is 0 Å². The van der Waals surface area contributed by atoms with Crippen molar-refractivity contribution in [2.24, 2.45) is 5.92 Å². The third-order valence-corrected chi connectivity index (χ3v) is 5.79. The van der Waals surface area contributed by atoms with Gasteiger partial charge < -0.3 is 9.47 Å². The summed E-state index contributed by atoms with van der Waals surface area (Å²) in [5.74, 6) is 0.801. The second-order valence-corrected chi connectivity index (χ2v) is 8.65. The molecule has 0 saturated heterocycles. The van der Waals surface area contributed by atoms with Crippen LogP contribution >= 0.6 is 45.2 Å². The van der Waals surface area contributed by atoms with Crippen molar-refractivity contribution in [3.8, 4) is 11.5 Å². The second-order valence-electron chi connectivity index (χ2n) is 6.33. The van der Waals surface area contributed by atoms with Crippen LogP contribution in [0.25, 0.3) is 0 Å². The average molecular weight is 606 g/mol. The Bertz CT molecular complexity index is 864. The highest BCUT2D eigenvalue weighted by atomic mass is 127. The molecule has 0 bridgehead atoms. The number of halogens is 4. The number of benzene rings is 3. The lowest BCUT2D eigenvalue weighted by atomic mass is 10.0. The van der Waals surface area contributed by atoms with E-state index in [-0.39, 0.29) is 17.6 Å². The predicted octanol–water partition coefficient (Wildman–Crippen LogP) is 6.49. The van der Waals surface area contributed by atoms with Crippen molar-refractivity contribution in [3.63, 3.8) is 0 Å². The molecular weight excluding hydrogens is 588 g/mol. The molecule has 0 N–H and O–H groups in total. The molecule has 146 valence electrons. The lowest BCUT2D eigenvalue weighted by molar-refractivity contribution is 0.174. The second kappa shape index (κ2) is 10.4. The summed E-state index contributed by atoms with van der Waals surface area (Å²) in [4.78, 5) is 0. The highest BCUT2D eigenvalue weighted by Gasteiger charge is 2.15. The summed E-state index contributed by atoms with van der Waals surface area (Å²) in [7, 11) is 0. The summed E-state index contributed by atoms with van der Waals surface area (Å²) in [5, 5.41) is 0. The summed E-state index contributed by atoms with van der Waals surface area (Å²) in [6, 6.07) is 19.1. The molecule has 0 radical (unpaired) electrons. The molecule has 3 rings (SSSR count). The van der Waals surface area contributed by atoms with E-state index in [1.165, 1.54) is 29.8 Å². The molecule has 3 aromatic carbocycles. The van der Waals surface area contributed by atoms with Gasteiger partial charge in [-0.15, -0.1) is 0 Å². The maximum Gasteiger partial charge on any atom is 0.132 e. The molecule has 0 aliphatic rings. The molecule has 6 heteroatoms. The molecule has 0 saturated carbocycles. The summed E-state index contributed by atoms with van der Waals surface area (Å²) in [6.45, 7) is 0.850. The minimum atomic E-state index is -0.285. The minimum Gasteiger partial charge on any atom is -0.492 e. The van der Waals surface area contributed by atoms with E-state index < -0.39 is 0 Å². The van der Waals surface area contributed by atoms with Crippen LogP contribution in [0.1, 0.15) is 5.56 Å². The lowest BCUT2D eigenvalue weighted by Crippen LogP contribution is -2.22. The molecule has 0 spiro atoms. The number of rotatable bonds is 8. The van der Waals surface area contributed by atoms with Gasteiger partial charge in [0.15, 0.2) is 0 Å². The van der Waals surface area contributed by atoms with Crippen LogP contribution in [0.15, 0.2) is 66.7 Å². The van der Waals surface area contributed by atoms with Crippen LogP contribution in [0.2, 0.25) is 0 Å². The van der Waals surface area contributed by atoms with Gasteiger partial charge in [-0.25, -0.2) is 8.78 Å². The zero-order chi connectivity index (χ0) is 19.9. The number of ether oxygens (including phenoxy) is 2. The Hall–Kier alpha value is -1.42. The molecule has 3 aromatic rings. The van der Waals surface area contributed by atoms with Crippen LogP contribution < -0.4 is 9.47 Å². The van der Waals surface area contributed by atoms with Gasteiger partial charge in [0.1, 0.15) is 23.1 Å². The average Bonchev–Trinajstić information content (AvgIpc) is 2.67. The van der Waals surface area contributed by atoms with E-state index in [1.54, 1.807) is 12.1 Å². The Kier molecular flexibility index (Phi) is 7.90. The van der Waals surface area contributed by atoms with Crippen LogP contribution in [0.5, 0.6) is 11.5 Å². The van der Waals surface area contributed by atoms with E-state index >= 15 is 0 Å². The van der Waals surface area contributed by atoms with Crippen molar-refractivity contribution in [3.05, 3.63) is 91.1 Å². The van der Waals surface area contributed by atoms with Crippen LogP contribution in [0.3, 0.4) is 0 Å². The quantitative estimate of drug-likeness (QED) is 0.273. The third kappa shape index (κ3) is 6.30. The summed E-state index contributed by atoms with van der Waals surface area (Å²) >= 11 is 4.12. The predicted molar refractivity (Wildman–Crippen MR) is 123 cm³/mol. The maximum absolute atomic E-state index is 13.3. The first kappa shape index (κ1) is 21.3. The van der Waals surface area contributed by atoms with Gasteiger partial charge in [0, 0.05) is 5.92 Å². The van der Waals surface area contributed by atoms with Gasteiger partial charge in [0.05, 0.1) is 20.4 Å². The summed E-state index contributed by atoms with van der Waals surface area (Å²) in [5.41, 5.74) is 1.18. The topological polar surface area (TPSA) is 18.5 Å². The molecule has 0 fully saturated rings. The van der Waals surface area contributed by atoms with Gasteiger partial charge >= 0.3 is 0 Å². The fourth-order valence-electron chi connectivity index (χ4n) is 2.71. The largest absolute Gasteiger partial charge is 0.492 e. The van der Waals surface area contributed by atoms with Gasteiger partial charge in [-0.2, -0.15) is 0 Å². The van der Waals surface area contributed by atoms with Gasteiger partial charge in [-0.1, -0.05) is 30.3 Å². The fourth-order valence-corrected chi connectivity index (χ4v) is 3.98. The summed E-state index contributed by atoms with van der Waals surface area (Å²) in [6.07, 6.45) is 0.774. The van der Waals surface area contributed by atoms with Gasteiger partial charge in [-0.05, 0) is 93.6 Å². The van der Waals surface area contributed by atoms with Crippen molar-refractivity contribution in [1.29, 1.82) is 0 Å². The van der Waals surface area contributed by atoms with Crippen LogP contribution in [0.4, 0.5) is 8.78 Å². The van der Waals surface area contributed by atoms with E-state index in [2.05, 4.69) is 57.3 Å². The smallest absolute Gasteiger partial charge is 0.132 e. The molecule has 0 aromatic heterocycles. The Labute approximate surface area is 190 Å². The Balaban J connectivity index is 1.69. The molecule has 28 heavy (non-hydrogen) atoms. The molecule has 0 aliphatic carbocycles. The number of hydrogen-bond acceptors (Lipinski definition) is 2. The van der Waals surface area contributed by atoms with Crippen LogP contribution in [-0.2, 0) is 6.42 Å². The van der Waals surface area contributed by atoms with E-state index in [1.807, 2.05) is 18.2 Å². The highest BCUT2D eigenvalue weighted by Crippen LogP contribution is 2.25. The summed E-state index contributed by atoms with van der Waals surface area (Å²) < 4.78 is 40.0. The van der Waals surface area contributed by atoms with Gasteiger partial charge in [0.2, 0.25) is 0 Å². The molecule has 0 unspecified atom stereocenters. The van der Waals surface area contributed by atoms with E-state index in [4.69, 9.17) is 9.47 Å². The van der Waals surface area contributed by atoms with E-state index in [0.717, 1.165) is 13.6 Å². The molecular formula is C22H18F2I2O2. The van der Waals surface area contributed by atoms with Gasteiger partial charge in [0.25, 0.3) is 0 Å². The van der Waals surface area contributed by atoms with E-state index in [9.17, 15) is 8.78 Å². The third-order valence-electron chi connectivity index (χ3n) is 4.10. The van der Waals surface area contributed by atoms with Gasteiger partial charge in [-0.3, -0.25) is 0 Å². The van der Waals surface area contributed by atoms with Crippen molar-refractivity contribution in [2.75, 3.05) is 13.2 Å². The molecule has 0 aliphatic heterocycles. The zero-order valence-electron chi connectivity index (χ0n) is 14.9.